The molecule has 0 saturated carbocycles. The summed E-state index contributed by atoms with van der Waals surface area (Å²) in [6.45, 7) is 3.76. The second kappa shape index (κ2) is 8.62. The van der Waals surface area contributed by atoms with Crippen molar-refractivity contribution < 1.29 is 14.3 Å². The van der Waals surface area contributed by atoms with Gasteiger partial charge in [-0.05, 0) is 23.6 Å². The first-order valence-corrected chi connectivity index (χ1v) is 10.3. The van der Waals surface area contributed by atoms with Gasteiger partial charge in [0.05, 0.1) is 18.7 Å². The Balaban J connectivity index is 1.52. The monoisotopic (exact) mass is 413 g/mol. The molecule has 1 atom stereocenters. The van der Waals surface area contributed by atoms with E-state index in [1.165, 1.54) is 18.4 Å². The number of thiophene rings is 1. The predicted molar refractivity (Wildman–Crippen MR) is 111 cm³/mol. The molecule has 9 heteroatoms. The zero-order valence-corrected chi connectivity index (χ0v) is 16.9. The normalized spacial score (nSPS) is 20.2. The topological polar surface area (TPSA) is 86.8 Å². The summed E-state index contributed by atoms with van der Waals surface area (Å²) in [7, 11) is 1.36. The van der Waals surface area contributed by atoms with Crippen LogP contribution >= 0.6 is 11.3 Å². The highest BCUT2D eigenvalue weighted by Gasteiger charge is 2.35. The fraction of sp³-hybridized carbons (Fsp3) is 0.350. The summed E-state index contributed by atoms with van der Waals surface area (Å²) in [5, 5.41) is 7.60. The molecule has 2 N–H and O–H groups in total. The van der Waals surface area contributed by atoms with E-state index in [9.17, 15) is 9.59 Å². The number of nitrogens with one attached hydrogen (secondary N) is 2. The maximum Gasteiger partial charge on any atom is 0.338 e. The van der Waals surface area contributed by atoms with Gasteiger partial charge < -0.3 is 20.3 Å². The molecule has 0 spiro atoms. The lowest BCUT2D eigenvalue weighted by Gasteiger charge is -2.37. The molecule has 2 aliphatic heterocycles. The van der Waals surface area contributed by atoms with Crippen LogP contribution in [-0.4, -0.2) is 61.7 Å². The summed E-state index contributed by atoms with van der Waals surface area (Å²) in [4.78, 5) is 34.6. The van der Waals surface area contributed by atoms with Crippen molar-refractivity contribution in [3.8, 4) is 0 Å². The number of rotatable bonds is 5. The summed E-state index contributed by atoms with van der Waals surface area (Å²) >= 11 is 1.50. The average Bonchev–Trinajstić information content (AvgIpc) is 3.29. The van der Waals surface area contributed by atoms with E-state index in [0.29, 0.717) is 17.8 Å². The number of hydrogen-bond donors (Lipinski definition) is 2. The van der Waals surface area contributed by atoms with Crippen LogP contribution in [0, 0.1) is 0 Å². The van der Waals surface area contributed by atoms with E-state index in [-0.39, 0.29) is 6.03 Å². The molecule has 4 heterocycles. The number of carbonyl (C=O) groups is 2. The Kier molecular flexibility index (Phi) is 5.77. The first kappa shape index (κ1) is 19.4. The molecule has 1 unspecified atom stereocenters. The van der Waals surface area contributed by atoms with Crippen LogP contribution < -0.4 is 15.5 Å². The van der Waals surface area contributed by atoms with E-state index in [2.05, 4.69) is 25.4 Å². The highest BCUT2D eigenvalue weighted by Crippen LogP contribution is 2.31. The number of urea groups is 1. The Morgan fingerprint density at radius 1 is 1.24 bits per heavy atom. The van der Waals surface area contributed by atoms with Gasteiger partial charge in [-0.15, -0.1) is 11.3 Å². The van der Waals surface area contributed by atoms with E-state index < -0.39 is 12.0 Å². The van der Waals surface area contributed by atoms with Crippen molar-refractivity contribution in [3.05, 3.63) is 58.1 Å². The van der Waals surface area contributed by atoms with Crippen LogP contribution in [0.5, 0.6) is 0 Å². The van der Waals surface area contributed by atoms with Crippen molar-refractivity contribution in [2.24, 2.45) is 0 Å². The van der Waals surface area contributed by atoms with Crippen molar-refractivity contribution in [1.29, 1.82) is 0 Å². The summed E-state index contributed by atoms with van der Waals surface area (Å²) in [6, 6.07) is 8.90. The molecule has 2 aromatic rings. The molecule has 0 bridgehead atoms. The van der Waals surface area contributed by atoms with E-state index in [4.69, 9.17) is 4.74 Å². The van der Waals surface area contributed by atoms with Crippen LogP contribution in [-0.2, 0) is 9.53 Å². The number of carbonyl (C=O) groups excluding carboxylic acids is 2. The molecule has 0 radical (unpaired) electrons. The molecule has 2 aliphatic rings. The second-order valence-corrected chi connectivity index (χ2v) is 7.86. The van der Waals surface area contributed by atoms with Gasteiger partial charge in [0.2, 0.25) is 0 Å². The number of nitrogens with zero attached hydrogens (tertiary/aromatic N) is 3. The largest absolute Gasteiger partial charge is 0.466 e. The Morgan fingerprint density at radius 3 is 2.72 bits per heavy atom. The van der Waals surface area contributed by atoms with Gasteiger partial charge in [0, 0.05) is 49.5 Å². The molecule has 8 nitrogen and oxygen atoms in total. The number of anilines is 1. The lowest BCUT2D eigenvalue weighted by molar-refractivity contribution is -0.136. The van der Waals surface area contributed by atoms with E-state index in [0.717, 1.165) is 36.9 Å². The van der Waals surface area contributed by atoms with E-state index in [1.807, 2.05) is 35.7 Å². The lowest BCUT2D eigenvalue weighted by atomic mass is 10.0. The van der Waals surface area contributed by atoms with Gasteiger partial charge in [-0.3, -0.25) is 4.90 Å². The molecule has 2 amide bonds. The minimum atomic E-state index is -0.499. The van der Waals surface area contributed by atoms with Crippen molar-refractivity contribution in [3.63, 3.8) is 0 Å². The Morgan fingerprint density at radius 2 is 2.07 bits per heavy atom. The number of amides is 2. The van der Waals surface area contributed by atoms with Gasteiger partial charge in [0.15, 0.2) is 0 Å². The van der Waals surface area contributed by atoms with Crippen molar-refractivity contribution >= 4 is 29.2 Å². The van der Waals surface area contributed by atoms with Crippen molar-refractivity contribution in [1.82, 2.24) is 20.5 Å². The molecule has 1 saturated heterocycles. The molecule has 2 aromatic heterocycles. The summed E-state index contributed by atoms with van der Waals surface area (Å²) in [5.41, 5.74) is 1.06. The smallest absolute Gasteiger partial charge is 0.338 e. The predicted octanol–water partition coefficient (Wildman–Crippen LogP) is 1.75. The molecule has 0 aliphatic carbocycles. The number of methoxy groups -OCH3 is 1. The maximum absolute atomic E-state index is 12.6. The number of piperazine rings is 1. The van der Waals surface area contributed by atoms with Crippen LogP contribution in [0.1, 0.15) is 10.9 Å². The number of ether oxygens (including phenoxy) is 1. The molecule has 0 aromatic carbocycles. The second-order valence-electron chi connectivity index (χ2n) is 6.88. The minimum absolute atomic E-state index is 0.307. The Hall–Kier alpha value is -2.91. The highest BCUT2D eigenvalue weighted by molar-refractivity contribution is 7.10. The van der Waals surface area contributed by atoms with Crippen molar-refractivity contribution in [2.45, 2.75) is 6.04 Å². The van der Waals surface area contributed by atoms with Crippen molar-refractivity contribution in [2.75, 3.05) is 44.7 Å². The van der Waals surface area contributed by atoms with Gasteiger partial charge in [0.1, 0.15) is 5.82 Å². The quantitative estimate of drug-likeness (QED) is 0.727. The zero-order valence-electron chi connectivity index (χ0n) is 16.1. The molecular weight excluding hydrogens is 390 g/mol. The minimum Gasteiger partial charge on any atom is -0.466 e. The summed E-state index contributed by atoms with van der Waals surface area (Å²) in [6.07, 6.45) is 1.80. The van der Waals surface area contributed by atoms with Crippen LogP contribution in [0.25, 0.3) is 0 Å². The molecule has 29 heavy (non-hydrogen) atoms. The van der Waals surface area contributed by atoms with Gasteiger partial charge in [-0.25, -0.2) is 14.6 Å². The number of pyridine rings is 1. The molecule has 152 valence electrons. The van der Waals surface area contributed by atoms with Crippen LogP contribution in [0.2, 0.25) is 0 Å². The Bertz CT molecular complexity index is 892. The SMILES string of the molecule is COC(=O)C1=C(CN2CCN(c3ccccn3)CC2)NC(=O)NC1c1cccs1. The van der Waals surface area contributed by atoms with Gasteiger partial charge >= 0.3 is 12.0 Å². The third-order valence-corrected chi connectivity index (χ3v) is 6.05. The molecule has 4 rings (SSSR count). The van der Waals surface area contributed by atoms with Gasteiger partial charge in [-0.1, -0.05) is 12.1 Å². The van der Waals surface area contributed by atoms with Crippen LogP contribution in [0.4, 0.5) is 10.6 Å². The zero-order chi connectivity index (χ0) is 20.2. The van der Waals surface area contributed by atoms with Gasteiger partial charge in [0.25, 0.3) is 0 Å². The fourth-order valence-electron chi connectivity index (χ4n) is 3.66. The molecular formula is C20H23N5O3S. The average molecular weight is 414 g/mol. The third-order valence-electron chi connectivity index (χ3n) is 5.11. The number of esters is 1. The third kappa shape index (κ3) is 4.25. The van der Waals surface area contributed by atoms with Crippen LogP contribution in [0.3, 0.4) is 0 Å². The summed E-state index contributed by atoms with van der Waals surface area (Å²) < 4.78 is 5.03. The fourth-order valence-corrected chi connectivity index (χ4v) is 4.45. The number of hydrogen-bond acceptors (Lipinski definition) is 7. The number of aromatic nitrogens is 1. The molecule has 1 fully saturated rings. The highest BCUT2D eigenvalue weighted by atomic mass is 32.1. The summed E-state index contributed by atoms with van der Waals surface area (Å²) in [5.74, 6) is 0.535. The lowest BCUT2D eigenvalue weighted by Crippen LogP contribution is -2.51. The standard InChI is InChI=1S/C20H23N5O3S/c1-28-19(26)17-14(22-20(27)23-18(17)15-5-4-12-29-15)13-24-8-10-25(11-9-24)16-6-2-3-7-21-16/h2-7,12,18H,8-11,13H2,1H3,(H2,22,23,27). The van der Waals surface area contributed by atoms with E-state index in [1.54, 1.807) is 6.20 Å². The van der Waals surface area contributed by atoms with Crippen LogP contribution in [0.15, 0.2) is 53.2 Å². The van der Waals surface area contributed by atoms with E-state index >= 15 is 0 Å². The Labute approximate surface area is 173 Å². The first-order chi connectivity index (χ1) is 14.2. The maximum atomic E-state index is 12.6. The first-order valence-electron chi connectivity index (χ1n) is 9.46. The van der Waals surface area contributed by atoms with Gasteiger partial charge in [-0.2, -0.15) is 0 Å².